The van der Waals surface area contributed by atoms with Crippen molar-refractivity contribution >= 4 is 40.5 Å². The fourth-order valence-corrected chi connectivity index (χ4v) is 8.09. The lowest BCUT2D eigenvalue weighted by atomic mass is 9.96. The van der Waals surface area contributed by atoms with E-state index in [0.29, 0.717) is 61.2 Å². The Kier molecular flexibility index (Phi) is 16.0. The number of anilines is 2. The molecule has 12 heteroatoms. The van der Waals surface area contributed by atoms with Gasteiger partial charge in [0, 0.05) is 49.7 Å². The van der Waals surface area contributed by atoms with Gasteiger partial charge in [0.25, 0.3) is 5.91 Å². The molecule has 2 heterocycles. The lowest BCUT2D eigenvalue weighted by Gasteiger charge is -2.30. The van der Waals surface area contributed by atoms with E-state index in [1.54, 1.807) is 4.90 Å². The lowest BCUT2D eigenvalue weighted by molar-refractivity contribution is -0.137. The highest BCUT2D eigenvalue weighted by atomic mass is 32.2. The van der Waals surface area contributed by atoms with Gasteiger partial charge in [-0.3, -0.25) is 14.5 Å². The molecule has 1 atom stereocenters. The third-order valence-corrected chi connectivity index (χ3v) is 11.2. The number of aromatic nitrogens is 2. The zero-order valence-electron chi connectivity index (χ0n) is 33.5. The molecule has 56 heavy (non-hydrogen) atoms. The van der Waals surface area contributed by atoms with Crippen LogP contribution in [0.25, 0.3) is 17.2 Å². The molecule has 11 nitrogen and oxygen atoms in total. The van der Waals surface area contributed by atoms with Crippen LogP contribution in [0.2, 0.25) is 0 Å². The van der Waals surface area contributed by atoms with E-state index in [9.17, 15) is 19.2 Å². The molecule has 0 spiro atoms. The van der Waals surface area contributed by atoms with Gasteiger partial charge >= 0.3 is 5.97 Å². The Bertz CT molecular complexity index is 1930. The Morgan fingerprint density at radius 3 is 2.43 bits per heavy atom. The maximum absolute atomic E-state index is 13.8. The maximum atomic E-state index is 13.8. The van der Waals surface area contributed by atoms with E-state index in [-0.39, 0.29) is 12.5 Å². The number of rotatable bonds is 20. The van der Waals surface area contributed by atoms with E-state index in [1.165, 1.54) is 0 Å². The number of carbonyl (C=O) groups excluding carboxylic acids is 1. The van der Waals surface area contributed by atoms with Gasteiger partial charge in [0.15, 0.2) is 10.6 Å². The summed E-state index contributed by atoms with van der Waals surface area (Å²) in [6, 6.07) is 21.5. The Morgan fingerprint density at radius 2 is 1.71 bits per heavy atom. The normalized spacial score (nSPS) is 14.4. The highest BCUT2D eigenvalue weighted by Gasteiger charge is 2.22. The summed E-state index contributed by atoms with van der Waals surface area (Å²) in [4.78, 5) is 34.5. The number of imidazole rings is 1. The summed E-state index contributed by atoms with van der Waals surface area (Å²) < 4.78 is 27.1. The number of likely N-dealkylation sites (N-methyl/N-ethyl adjacent to an activating group) is 1. The number of aryl methyl sites for hydroxylation is 2. The SMILES string of the molecule is CCCCOCCOc1ccc(-c2ccc3c(c2)/C=C(/C(=O)Nc2ccc([S@@+]([O-])Cc4c(C)nc(C)n4CCC)cc2)CCCN3CCN(C)CC(=O)O)cc1. The van der Waals surface area contributed by atoms with Crippen LogP contribution in [0, 0.1) is 13.8 Å². The van der Waals surface area contributed by atoms with Crippen LogP contribution in [0.15, 0.2) is 77.2 Å². The number of unbranched alkanes of at least 4 members (excludes halogenated alkanes) is 1. The molecule has 1 aliphatic rings. The second-order valence-electron chi connectivity index (χ2n) is 14.3. The zero-order chi connectivity index (χ0) is 40.0. The molecule has 2 N–H and O–H groups in total. The van der Waals surface area contributed by atoms with Gasteiger partial charge in [0.2, 0.25) is 0 Å². The Morgan fingerprint density at radius 1 is 0.964 bits per heavy atom. The van der Waals surface area contributed by atoms with Crippen molar-refractivity contribution in [1.82, 2.24) is 14.5 Å². The van der Waals surface area contributed by atoms with Crippen LogP contribution in [0.1, 0.15) is 68.7 Å². The number of nitrogens with zero attached hydrogens (tertiary/aromatic N) is 4. The average molecular weight is 784 g/mol. The van der Waals surface area contributed by atoms with Crippen molar-refractivity contribution < 1.29 is 28.7 Å². The number of amides is 1. The Labute approximate surface area is 334 Å². The van der Waals surface area contributed by atoms with E-state index in [2.05, 4.69) is 51.8 Å². The first-order valence-electron chi connectivity index (χ1n) is 19.7. The number of ether oxygens (including phenoxy) is 2. The van der Waals surface area contributed by atoms with Gasteiger partial charge in [-0.2, -0.15) is 0 Å². The molecule has 3 aromatic carbocycles. The zero-order valence-corrected chi connectivity index (χ0v) is 34.3. The summed E-state index contributed by atoms with van der Waals surface area (Å²) in [5, 5.41) is 12.4. The Hall–Kier alpha value is -4.62. The van der Waals surface area contributed by atoms with E-state index in [0.717, 1.165) is 84.2 Å². The van der Waals surface area contributed by atoms with Crippen molar-refractivity contribution in [1.29, 1.82) is 0 Å². The first-order valence-corrected chi connectivity index (χ1v) is 21.0. The van der Waals surface area contributed by atoms with Gasteiger partial charge in [0.05, 0.1) is 24.5 Å². The molecule has 300 valence electrons. The fourth-order valence-electron chi connectivity index (χ4n) is 6.87. The number of hydrogen-bond donors (Lipinski definition) is 2. The van der Waals surface area contributed by atoms with Gasteiger partial charge < -0.3 is 33.9 Å². The van der Waals surface area contributed by atoms with Gasteiger partial charge in [-0.15, -0.1) is 0 Å². The lowest BCUT2D eigenvalue weighted by Crippen LogP contribution is -2.37. The third-order valence-electron chi connectivity index (χ3n) is 9.90. The van der Waals surface area contributed by atoms with Crippen molar-refractivity contribution in [3.8, 4) is 16.9 Å². The smallest absolute Gasteiger partial charge is 0.317 e. The molecule has 1 amide bonds. The average Bonchev–Trinajstić information content (AvgIpc) is 3.43. The third kappa shape index (κ3) is 11.9. The number of carboxylic acid groups (broad SMARTS) is 1. The molecule has 1 aliphatic heterocycles. The molecule has 0 radical (unpaired) electrons. The topological polar surface area (TPSA) is 132 Å². The predicted octanol–water partition coefficient (Wildman–Crippen LogP) is 7.72. The van der Waals surface area contributed by atoms with Gasteiger partial charge in [0.1, 0.15) is 18.2 Å². The summed E-state index contributed by atoms with van der Waals surface area (Å²) in [6.07, 6.45) is 6.41. The predicted molar refractivity (Wildman–Crippen MR) is 225 cm³/mol. The van der Waals surface area contributed by atoms with E-state index in [1.807, 2.05) is 75.5 Å². The molecule has 0 fully saturated rings. The van der Waals surface area contributed by atoms with Crippen molar-refractivity contribution in [3.05, 3.63) is 95.1 Å². The van der Waals surface area contributed by atoms with Crippen LogP contribution in [0.3, 0.4) is 0 Å². The van der Waals surface area contributed by atoms with Crippen LogP contribution in [-0.2, 0) is 37.8 Å². The maximum Gasteiger partial charge on any atom is 0.317 e. The highest BCUT2D eigenvalue weighted by Crippen LogP contribution is 2.33. The molecular formula is C44H57N5O6S. The number of benzene rings is 3. The summed E-state index contributed by atoms with van der Waals surface area (Å²) >= 11 is -1.27. The minimum Gasteiger partial charge on any atom is -0.611 e. The molecule has 1 aromatic heterocycles. The molecule has 0 unspecified atom stereocenters. The summed E-state index contributed by atoms with van der Waals surface area (Å²) in [5.74, 6) is 1.06. The Balaban J connectivity index is 1.33. The summed E-state index contributed by atoms with van der Waals surface area (Å²) in [7, 11) is 1.81. The van der Waals surface area contributed by atoms with Gasteiger partial charge in [-0.05, 0) is 129 Å². The van der Waals surface area contributed by atoms with Gasteiger partial charge in [-0.1, -0.05) is 38.5 Å². The molecular weight excluding hydrogens is 727 g/mol. The van der Waals surface area contributed by atoms with Crippen LogP contribution in [0.4, 0.5) is 11.4 Å². The summed E-state index contributed by atoms with van der Waals surface area (Å²) in [6.45, 7) is 12.7. The van der Waals surface area contributed by atoms with E-state index in [4.69, 9.17) is 9.47 Å². The molecule has 0 saturated carbocycles. The van der Waals surface area contributed by atoms with Crippen LogP contribution in [0.5, 0.6) is 5.75 Å². The molecule has 5 rings (SSSR count). The number of nitrogens with one attached hydrogen (secondary N) is 1. The molecule has 0 saturated heterocycles. The van der Waals surface area contributed by atoms with Gasteiger partial charge in [-0.25, -0.2) is 4.98 Å². The monoisotopic (exact) mass is 783 g/mol. The van der Waals surface area contributed by atoms with Crippen LogP contribution >= 0.6 is 0 Å². The van der Waals surface area contributed by atoms with Crippen molar-refractivity contribution in [2.24, 2.45) is 0 Å². The molecule has 4 aromatic rings. The minimum absolute atomic E-state index is 0.0314. The number of aliphatic carboxylic acids is 1. The summed E-state index contributed by atoms with van der Waals surface area (Å²) in [5.41, 5.74) is 7.13. The van der Waals surface area contributed by atoms with E-state index < -0.39 is 17.1 Å². The van der Waals surface area contributed by atoms with Crippen molar-refractivity contribution in [2.75, 3.05) is 63.3 Å². The first kappa shape index (κ1) is 42.5. The molecule has 0 aliphatic carbocycles. The fraction of sp³-hybridized carbons (Fsp3) is 0.432. The van der Waals surface area contributed by atoms with Crippen LogP contribution in [-0.4, -0.2) is 89.0 Å². The van der Waals surface area contributed by atoms with Crippen molar-refractivity contribution in [3.63, 3.8) is 0 Å². The van der Waals surface area contributed by atoms with E-state index >= 15 is 0 Å². The number of carboxylic acids is 1. The quantitative estimate of drug-likeness (QED) is 0.0683. The first-order chi connectivity index (χ1) is 27.1. The second kappa shape index (κ2) is 21.1. The van der Waals surface area contributed by atoms with Crippen molar-refractivity contribution in [2.45, 2.75) is 77.0 Å². The number of fused-ring (bicyclic) bond motifs is 1. The largest absolute Gasteiger partial charge is 0.611 e. The second-order valence-corrected chi connectivity index (χ2v) is 15.8. The highest BCUT2D eigenvalue weighted by molar-refractivity contribution is 7.90. The molecule has 0 bridgehead atoms. The minimum atomic E-state index is -1.27. The standard InChI is InChI=1S/C44H57N5O6S/c1-6-8-25-54-26-27-55-39-16-11-34(12-17-39)35-13-20-41-37(28-35)29-36(10-9-22-48(41)24-23-47(5)30-43(50)51)44(52)46-38-14-18-40(19-15-38)56(53)31-42-32(3)45-33(4)49(42)21-7-2/h11-20,28-29H,6-10,21-27,30-31H2,1-5H3,(H,46,52)(H,50,51)/b36-29+/t56-/m0/s1. The number of hydrogen-bond acceptors (Lipinski definition) is 8. The number of carbonyl (C=O) groups is 2. The van der Waals surface area contributed by atoms with Crippen LogP contribution < -0.4 is 15.0 Å².